The number of nitrogens with two attached hydrogens (primary N) is 1. The highest BCUT2D eigenvalue weighted by atomic mass is 35.5. The summed E-state index contributed by atoms with van der Waals surface area (Å²) >= 11 is 5.94. The molecule has 1 heterocycles. The number of carbonyl (C=O) groups is 1. The van der Waals surface area contributed by atoms with Crippen LogP contribution in [0.25, 0.3) is 0 Å². The number of halogens is 1. The summed E-state index contributed by atoms with van der Waals surface area (Å²) in [6.07, 6.45) is 6.86. The second-order valence-corrected chi connectivity index (χ2v) is 8.91. The third-order valence-electron chi connectivity index (χ3n) is 6.25. The van der Waals surface area contributed by atoms with E-state index in [4.69, 9.17) is 17.3 Å². The van der Waals surface area contributed by atoms with Crippen LogP contribution in [0.2, 0.25) is 5.02 Å². The summed E-state index contributed by atoms with van der Waals surface area (Å²) in [7, 11) is 0. The standard InChI is InChI=1S/C22H27ClN6O/c1-13(14-2-3-14)26-18-8-9-20(15(10-18)11-24)29-12-19(21(25)30)22(28-29)27-17-6-4-16(23)5-7-17/h4-7,12-15,18,20,26H,2-3,8-10H2,1H3,(H2,25,30)(H,27,28)/t13-,15?,18?,20?/m0/s1. The third-order valence-corrected chi connectivity index (χ3v) is 6.50. The Morgan fingerprint density at radius 1 is 1.30 bits per heavy atom. The molecule has 4 atom stereocenters. The lowest BCUT2D eigenvalue weighted by molar-refractivity contribution is 0.100. The van der Waals surface area contributed by atoms with Crippen molar-refractivity contribution in [1.29, 1.82) is 5.26 Å². The Hall–Kier alpha value is -2.56. The molecule has 7 nitrogen and oxygen atoms in total. The Morgan fingerprint density at radius 2 is 2.03 bits per heavy atom. The van der Waals surface area contributed by atoms with Crippen molar-refractivity contribution in [2.75, 3.05) is 5.32 Å². The van der Waals surface area contributed by atoms with Crippen molar-refractivity contribution in [3.05, 3.63) is 41.0 Å². The average molecular weight is 427 g/mol. The molecular weight excluding hydrogens is 400 g/mol. The smallest absolute Gasteiger partial charge is 0.254 e. The van der Waals surface area contributed by atoms with Crippen molar-refractivity contribution in [2.24, 2.45) is 17.6 Å². The van der Waals surface area contributed by atoms with Gasteiger partial charge < -0.3 is 16.4 Å². The van der Waals surface area contributed by atoms with Gasteiger partial charge >= 0.3 is 0 Å². The van der Waals surface area contributed by atoms with Crippen LogP contribution in [0, 0.1) is 23.2 Å². The number of rotatable bonds is 7. The van der Waals surface area contributed by atoms with Crippen molar-refractivity contribution < 1.29 is 4.79 Å². The zero-order valence-corrected chi connectivity index (χ0v) is 17.8. The minimum absolute atomic E-state index is 0.0804. The Morgan fingerprint density at radius 3 is 2.67 bits per heavy atom. The van der Waals surface area contributed by atoms with Crippen LogP contribution in [0.15, 0.2) is 30.5 Å². The zero-order chi connectivity index (χ0) is 21.3. The quantitative estimate of drug-likeness (QED) is 0.619. The second-order valence-electron chi connectivity index (χ2n) is 8.47. The Labute approximate surface area is 181 Å². The first-order chi connectivity index (χ1) is 14.4. The molecule has 2 saturated carbocycles. The Bertz CT molecular complexity index is 946. The van der Waals surface area contributed by atoms with E-state index in [1.807, 2.05) is 12.1 Å². The van der Waals surface area contributed by atoms with Gasteiger partial charge in [0.25, 0.3) is 5.91 Å². The molecule has 2 aliphatic rings. The number of aromatic nitrogens is 2. The number of amides is 1. The molecule has 4 rings (SSSR count). The Balaban J connectivity index is 1.50. The van der Waals surface area contributed by atoms with Crippen molar-refractivity contribution in [3.8, 4) is 6.07 Å². The molecule has 8 heteroatoms. The number of nitrogens with zero attached hydrogens (tertiary/aromatic N) is 3. The lowest BCUT2D eigenvalue weighted by atomic mass is 9.82. The summed E-state index contributed by atoms with van der Waals surface area (Å²) in [6, 6.07) is 10.4. The van der Waals surface area contributed by atoms with Crippen LogP contribution in [0.4, 0.5) is 11.5 Å². The van der Waals surface area contributed by atoms with Crippen molar-refractivity contribution in [2.45, 2.75) is 57.2 Å². The molecule has 158 valence electrons. The average Bonchev–Trinajstić information content (AvgIpc) is 3.50. The number of benzene rings is 1. The Kier molecular flexibility index (Phi) is 5.98. The van der Waals surface area contributed by atoms with Gasteiger partial charge in [0.1, 0.15) is 5.56 Å². The maximum absolute atomic E-state index is 12.0. The van der Waals surface area contributed by atoms with Gasteiger partial charge in [0.15, 0.2) is 5.82 Å². The topological polar surface area (TPSA) is 109 Å². The van der Waals surface area contributed by atoms with Crippen LogP contribution < -0.4 is 16.4 Å². The predicted molar refractivity (Wildman–Crippen MR) is 117 cm³/mol. The van der Waals surface area contributed by atoms with Gasteiger partial charge in [-0.3, -0.25) is 9.48 Å². The molecule has 0 aliphatic heterocycles. The summed E-state index contributed by atoms with van der Waals surface area (Å²) in [5.74, 6) is 0.449. The number of hydrogen-bond acceptors (Lipinski definition) is 5. The lowest BCUT2D eigenvalue weighted by Crippen LogP contribution is -2.43. The molecule has 3 unspecified atom stereocenters. The first-order valence-corrected chi connectivity index (χ1v) is 10.9. The van der Waals surface area contributed by atoms with Gasteiger partial charge in [0.2, 0.25) is 0 Å². The van der Waals surface area contributed by atoms with E-state index in [1.54, 1.807) is 23.0 Å². The van der Waals surface area contributed by atoms with E-state index in [-0.39, 0.29) is 12.0 Å². The SMILES string of the molecule is C[C@H](NC1CCC(n2cc(C(N)=O)c(Nc3ccc(Cl)cc3)n2)C(C#N)C1)C1CC1. The minimum Gasteiger partial charge on any atom is -0.365 e. The van der Waals surface area contributed by atoms with Gasteiger partial charge in [-0.25, -0.2) is 0 Å². The normalized spacial score (nSPS) is 24.8. The molecular formula is C22H27ClN6O. The van der Waals surface area contributed by atoms with Crippen molar-refractivity contribution in [1.82, 2.24) is 15.1 Å². The number of nitriles is 1. The number of anilines is 2. The van der Waals surface area contributed by atoms with E-state index in [0.717, 1.165) is 30.9 Å². The zero-order valence-electron chi connectivity index (χ0n) is 17.0. The van der Waals surface area contributed by atoms with E-state index >= 15 is 0 Å². The van der Waals surface area contributed by atoms with Gasteiger partial charge in [-0.2, -0.15) is 10.4 Å². The van der Waals surface area contributed by atoms with Crippen LogP contribution in [0.1, 0.15) is 55.4 Å². The molecule has 30 heavy (non-hydrogen) atoms. The van der Waals surface area contributed by atoms with E-state index in [1.165, 1.54) is 12.8 Å². The fourth-order valence-corrected chi connectivity index (χ4v) is 4.50. The molecule has 1 aromatic heterocycles. The van der Waals surface area contributed by atoms with Gasteiger partial charge in [0, 0.05) is 29.0 Å². The molecule has 4 N–H and O–H groups in total. The molecule has 0 radical (unpaired) electrons. The fraction of sp³-hybridized carbons (Fsp3) is 0.500. The molecule has 1 aromatic carbocycles. The summed E-state index contributed by atoms with van der Waals surface area (Å²) < 4.78 is 1.74. The van der Waals surface area contributed by atoms with Crippen LogP contribution in [-0.2, 0) is 0 Å². The van der Waals surface area contributed by atoms with Crippen LogP contribution in [0.5, 0.6) is 0 Å². The molecule has 0 saturated heterocycles. The van der Waals surface area contributed by atoms with Gasteiger partial charge in [-0.1, -0.05) is 11.6 Å². The molecule has 2 aliphatic carbocycles. The van der Waals surface area contributed by atoms with E-state index in [0.29, 0.717) is 28.5 Å². The first kappa shape index (κ1) is 20.7. The maximum Gasteiger partial charge on any atom is 0.254 e. The monoisotopic (exact) mass is 426 g/mol. The molecule has 2 fully saturated rings. The highest BCUT2D eigenvalue weighted by Crippen LogP contribution is 2.37. The highest BCUT2D eigenvalue weighted by molar-refractivity contribution is 6.30. The summed E-state index contributed by atoms with van der Waals surface area (Å²) in [6.45, 7) is 2.24. The van der Waals surface area contributed by atoms with Gasteiger partial charge in [-0.05, 0) is 69.2 Å². The number of carbonyl (C=O) groups excluding carboxylic acids is 1. The molecule has 0 spiro atoms. The second kappa shape index (κ2) is 8.66. The minimum atomic E-state index is -0.556. The molecule has 2 aromatic rings. The number of primary amides is 1. The largest absolute Gasteiger partial charge is 0.365 e. The van der Waals surface area contributed by atoms with E-state index in [9.17, 15) is 10.1 Å². The van der Waals surface area contributed by atoms with Crippen LogP contribution in [0.3, 0.4) is 0 Å². The van der Waals surface area contributed by atoms with Gasteiger partial charge in [0.05, 0.1) is 18.0 Å². The summed E-state index contributed by atoms with van der Waals surface area (Å²) in [5, 5.41) is 21.9. The first-order valence-electron chi connectivity index (χ1n) is 10.5. The van der Waals surface area contributed by atoms with E-state index < -0.39 is 5.91 Å². The van der Waals surface area contributed by atoms with E-state index in [2.05, 4.69) is 28.7 Å². The maximum atomic E-state index is 12.0. The summed E-state index contributed by atoms with van der Waals surface area (Å²) in [5.41, 5.74) is 6.65. The highest BCUT2D eigenvalue weighted by Gasteiger charge is 2.36. The lowest BCUT2D eigenvalue weighted by Gasteiger charge is -2.34. The molecule has 1 amide bonds. The van der Waals surface area contributed by atoms with Crippen molar-refractivity contribution in [3.63, 3.8) is 0 Å². The summed E-state index contributed by atoms with van der Waals surface area (Å²) in [4.78, 5) is 12.0. The van der Waals surface area contributed by atoms with Gasteiger partial charge in [-0.15, -0.1) is 0 Å². The number of hydrogen-bond donors (Lipinski definition) is 3. The van der Waals surface area contributed by atoms with Crippen molar-refractivity contribution >= 4 is 29.0 Å². The number of nitrogens with one attached hydrogen (secondary N) is 2. The predicted octanol–water partition coefficient (Wildman–Crippen LogP) is 4.00. The van der Waals surface area contributed by atoms with Crippen LogP contribution in [-0.4, -0.2) is 27.8 Å². The fourth-order valence-electron chi connectivity index (χ4n) is 4.37. The molecule has 0 bridgehead atoms. The van der Waals surface area contributed by atoms with Crippen LogP contribution >= 0.6 is 11.6 Å². The third kappa shape index (κ3) is 4.61.